The van der Waals surface area contributed by atoms with Gasteiger partial charge in [-0.05, 0) is 59.1 Å². The van der Waals surface area contributed by atoms with Crippen LogP contribution >= 0.6 is 15.9 Å². The van der Waals surface area contributed by atoms with Crippen molar-refractivity contribution in [3.63, 3.8) is 0 Å². The minimum Gasteiger partial charge on any atom is -0.486 e. The molecule has 4 heteroatoms. The Morgan fingerprint density at radius 1 is 1.26 bits per heavy atom. The normalized spacial score (nSPS) is 10.5. The fraction of sp³-hybridized carbons (Fsp3) is 0.267. The molecule has 1 aromatic carbocycles. The Morgan fingerprint density at radius 3 is 2.84 bits per heavy atom. The van der Waals surface area contributed by atoms with Crippen LogP contribution in [0, 0.1) is 6.92 Å². The SMILES string of the molecule is Cc1cccnc1COc1c(Br)cccc1CCN. The van der Waals surface area contributed by atoms with Gasteiger partial charge in [0.15, 0.2) is 0 Å². The van der Waals surface area contributed by atoms with E-state index in [1.165, 1.54) is 0 Å². The van der Waals surface area contributed by atoms with E-state index in [9.17, 15) is 0 Å². The maximum Gasteiger partial charge on any atom is 0.137 e. The van der Waals surface area contributed by atoms with Gasteiger partial charge in [0.25, 0.3) is 0 Å². The summed E-state index contributed by atoms with van der Waals surface area (Å²) in [6.07, 6.45) is 2.59. The minimum atomic E-state index is 0.465. The van der Waals surface area contributed by atoms with E-state index < -0.39 is 0 Å². The van der Waals surface area contributed by atoms with Crippen molar-refractivity contribution in [2.24, 2.45) is 5.73 Å². The monoisotopic (exact) mass is 320 g/mol. The number of hydrogen-bond acceptors (Lipinski definition) is 3. The van der Waals surface area contributed by atoms with E-state index in [-0.39, 0.29) is 0 Å². The molecule has 0 bridgehead atoms. The topological polar surface area (TPSA) is 48.1 Å². The summed E-state index contributed by atoms with van der Waals surface area (Å²) in [6, 6.07) is 9.97. The van der Waals surface area contributed by atoms with Crippen LogP contribution in [0.1, 0.15) is 16.8 Å². The molecule has 19 heavy (non-hydrogen) atoms. The molecule has 0 spiro atoms. The Hall–Kier alpha value is -1.39. The van der Waals surface area contributed by atoms with Crippen LogP contribution in [0.25, 0.3) is 0 Å². The molecular formula is C15H17BrN2O. The third-order valence-corrected chi connectivity index (χ3v) is 3.56. The van der Waals surface area contributed by atoms with E-state index in [1.807, 2.05) is 37.3 Å². The lowest BCUT2D eigenvalue weighted by molar-refractivity contribution is 0.295. The number of ether oxygens (including phenoxy) is 1. The number of nitrogens with two attached hydrogens (primary N) is 1. The molecule has 1 heterocycles. The number of rotatable bonds is 5. The number of pyridine rings is 1. The van der Waals surface area contributed by atoms with Crippen LogP contribution < -0.4 is 10.5 Å². The van der Waals surface area contributed by atoms with Crippen LogP contribution in [0.15, 0.2) is 41.0 Å². The lowest BCUT2D eigenvalue weighted by atomic mass is 10.1. The summed E-state index contributed by atoms with van der Waals surface area (Å²) >= 11 is 3.52. The molecule has 0 aliphatic rings. The highest BCUT2D eigenvalue weighted by molar-refractivity contribution is 9.10. The van der Waals surface area contributed by atoms with Crippen molar-refractivity contribution in [3.05, 3.63) is 57.8 Å². The molecule has 2 rings (SSSR count). The summed E-state index contributed by atoms with van der Waals surface area (Å²) in [5, 5.41) is 0. The van der Waals surface area contributed by atoms with Gasteiger partial charge in [0.2, 0.25) is 0 Å². The Labute approximate surface area is 121 Å². The average molecular weight is 321 g/mol. The fourth-order valence-corrected chi connectivity index (χ4v) is 2.40. The summed E-state index contributed by atoms with van der Waals surface area (Å²) in [5.41, 5.74) is 8.83. The van der Waals surface area contributed by atoms with E-state index in [2.05, 4.69) is 20.9 Å². The van der Waals surface area contributed by atoms with E-state index in [0.717, 1.165) is 33.5 Å². The second kappa shape index (κ2) is 6.68. The highest BCUT2D eigenvalue weighted by atomic mass is 79.9. The molecule has 0 aliphatic carbocycles. The highest BCUT2D eigenvalue weighted by Crippen LogP contribution is 2.30. The van der Waals surface area contributed by atoms with Crippen molar-refractivity contribution in [2.45, 2.75) is 20.0 Å². The van der Waals surface area contributed by atoms with E-state index >= 15 is 0 Å². The first kappa shape index (κ1) is 14.0. The predicted molar refractivity (Wildman–Crippen MR) is 80.2 cm³/mol. The minimum absolute atomic E-state index is 0.465. The average Bonchev–Trinajstić information content (AvgIpc) is 2.40. The van der Waals surface area contributed by atoms with Crippen molar-refractivity contribution in [2.75, 3.05) is 6.54 Å². The molecule has 0 radical (unpaired) electrons. The van der Waals surface area contributed by atoms with Crippen molar-refractivity contribution >= 4 is 15.9 Å². The molecule has 3 nitrogen and oxygen atoms in total. The summed E-state index contributed by atoms with van der Waals surface area (Å²) in [5.74, 6) is 0.859. The molecule has 0 fully saturated rings. The summed E-state index contributed by atoms with van der Waals surface area (Å²) in [6.45, 7) is 3.11. The van der Waals surface area contributed by atoms with E-state index in [0.29, 0.717) is 13.2 Å². The van der Waals surface area contributed by atoms with Crippen molar-refractivity contribution in [1.82, 2.24) is 4.98 Å². The second-order valence-corrected chi connectivity index (χ2v) is 5.18. The van der Waals surface area contributed by atoms with Crippen LogP contribution in [-0.2, 0) is 13.0 Å². The Balaban J connectivity index is 2.17. The first-order valence-electron chi connectivity index (χ1n) is 6.23. The number of halogens is 1. The molecular weight excluding hydrogens is 304 g/mol. The second-order valence-electron chi connectivity index (χ2n) is 4.32. The number of benzene rings is 1. The Bertz CT molecular complexity index is 558. The zero-order valence-corrected chi connectivity index (χ0v) is 12.5. The summed E-state index contributed by atoms with van der Waals surface area (Å²) in [7, 11) is 0. The van der Waals surface area contributed by atoms with Gasteiger partial charge < -0.3 is 10.5 Å². The lowest BCUT2D eigenvalue weighted by Crippen LogP contribution is -2.07. The van der Waals surface area contributed by atoms with Crippen LogP contribution in [0.5, 0.6) is 5.75 Å². The number of para-hydroxylation sites is 1. The van der Waals surface area contributed by atoms with Gasteiger partial charge in [-0.15, -0.1) is 0 Å². The number of nitrogens with zero attached hydrogens (tertiary/aromatic N) is 1. The van der Waals surface area contributed by atoms with Gasteiger partial charge in [-0.2, -0.15) is 0 Å². The third kappa shape index (κ3) is 3.55. The molecule has 0 atom stereocenters. The third-order valence-electron chi connectivity index (χ3n) is 2.93. The Morgan fingerprint density at radius 2 is 2.11 bits per heavy atom. The fourth-order valence-electron chi connectivity index (χ4n) is 1.88. The maximum absolute atomic E-state index is 5.92. The number of hydrogen-bond donors (Lipinski definition) is 1. The van der Waals surface area contributed by atoms with Crippen molar-refractivity contribution in [1.29, 1.82) is 0 Å². The van der Waals surface area contributed by atoms with Gasteiger partial charge in [0.1, 0.15) is 12.4 Å². The van der Waals surface area contributed by atoms with Gasteiger partial charge in [-0.3, -0.25) is 4.98 Å². The van der Waals surface area contributed by atoms with Gasteiger partial charge in [-0.1, -0.05) is 18.2 Å². The molecule has 0 saturated carbocycles. The van der Waals surface area contributed by atoms with Crippen molar-refractivity contribution < 1.29 is 4.74 Å². The smallest absolute Gasteiger partial charge is 0.137 e. The zero-order valence-electron chi connectivity index (χ0n) is 10.9. The molecule has 2 aromatic rings. The maximum atomic E-state index is 5.92. The Kier molecular flexibility index (Phi) is 4.93. The van der Waals surface area contributed by atoms with Crippen LogP contribution in [-0.4, -0.2) is 11.5 Å². The molecule has 100 valence electrons. The first-order valence-corrected chi connectivity index (χ1v) is 7.02. The van der Waals surface area contributed by atoms with Gasteiger partial charge in [0, 0.05) is 6.20 Å². The summed E-state index contributed by atoms with van der Waals surface area (Å²) in [4.78, 5) is 4.33. The van der Waals surface area contributed by atoms with Gasteiger partial charge in [0.05, 0.1) is 10.2 Å². The molecule has 0 amide bonds. The number of aryl methyl sites for hydroxylation is 1. The van der Waals surface area contributed by atoms with E-state index in [4.69, 9.17) is 10.5 Å². The zero-order chi connectivity index (χ0) is 13.7. The van der Waals surface area contributed by atoms with Crippen molar-refractivity contribution in [3.8, 4) is 5.75 Å². The van der Waals surface area contributed by atoms with Gasteiger partial charge >= 0.3 is 0 Å². The molecule has 1 aromatic heterocycles. The standard InChI is InChI=1S/C15H17BrN2O/c1-11-4-3-9-18-14(11)10-19-15-12(7-8-17)5-2-6-13(15)16/h2-6,9H,7-8,10,17H2,1H3. The molecule has 0 saturated heterocycles. The molecule has 0 unspecified atom stereocenters. The highest BCUT2D eigenvalue weighted by Gasteiger charge is 2.09. The first-order chi connectivity index (χ1) is 9.22. The van der Waals surface area contributed by atoms with E-state index in [1.54, 1.807) is 6.20 Å². The predicted octanol–water partition coefficient (Wildman–Crippen LogP) is 3.23. The lowest BCUT2D eigenvalue weighted by Gasteiger charge is -2.13. The molecule has 0 aliphatic heterocycles. The van der Waals surface area contributed by atoms with Crippen LogP contribution in [0.2, 0.25) is 0 Å². The largest absolute Gasteiger partial charge is 0.486 e. The molecule has 2 N–H and O–H groups in total. The van der Waals surface area contributed by atoms with Crippen LogP contribution in [0.3, 0.4) is 0 Å². The van der Waals surface area contributed by atoms with Crippen LogP contribution in [0.4, 0.5) is 0 Å². The quantitative estimate of drug-likeness (QED) is 0.920. The van der Waals surface area contributed by atoms with Gasteiger partial charge in [-0.25, -0.2) is 0 Å². The summed E-state index contributed by atoms with van der Waals surface area (Å²) < 4.78 is 6.87. The number of aromatic nitrogens is 1.